The number of benzene rings is 1. The predicted octanol–water partition coefficient (Wildman–Crippen LogP) is 2.67. The van der Waals surface area contributed by atoms with Crippen molar-refractivity contribution in [3.05, 3.63) is 29.3 Å². The summed E-state index contributed by atoms with van der Waals surface area (Å²) in [6, 6.07) is 4.90. The third-order valence-electron chi connectivity index (χ3n) is 2.60. The Balaban J connectivity index is 3.33. The van der Waals surface area contributed by atoms with Gasteiger partial charge in [0.2, 0.25) is 0 Å². The maximum atomic E-state index is 12.7. The summed E-state index contributed by atoms with van der Waals surface area (Å²) in [4.78, 5) is 11.6. The molecule has 0 unspecified atom stereocenters. The molecule has 0 amide bonds. The third kappa shape index (κ3) is 3.44. The zero-order valence-electron chi connectivity index (χ0n) is 11.6. The van der Waals surface area contributed by atoms with Crippen LogP contribution < -0.4 is 5.30 Å². The van der Waals surface area contributed by atoms with Crippen LogP contribution in [0.3, 0.4) is 0 Å². The Hall–Kier alpha value is -1.16. The average molecular weight is 286 g/mol. The zero-order chi connectivity index (χ0) is 14.5. The van der Waals surface area contributed by atoms with E-state index in [4.69, 9.17) is 13.8 Å². The Labute approximate surface area is 113 Å². The van der Waals surface area contributed by atoms with Gasteiger partial charge in [0.05, 0.1) is 31.2 Å². The van der Waals surface area contributed by atoms with E-state index in [9.17, 15) is 9.36 Å². The van der Waals surface area contributed by atoms with Crippen molar-refractivity contribution < 1.29 is 23.1 Å². The molecule has 0 spiro atoms. The fourth-order valence-electron chi connectivity index (χ4n) is 1.77. The molecular formula is C13H19O5P. The highest BCUT2D eigenvalue weighted by Gasteiger charge is 2.30. The first-order valence-electron chi connectivity index (χ1n) is 6.07. The van der Waals surface area contributed by atoms with Crippen molar-refractivity contribution in [3.8, 4) is 0 Å². The standard InChI is InChI=1S/C13H19O5P/c1-5-17-19(15,18-6-2)12-9-7-8-11(10(12)3)13(14)16-4/h7-9H,5-6H2,1-4H3. The second kappa shape index (κ2) is 6.85. The molecule has 0 aliphatic rings. The van der Waals surface area contributed by atoms with Gasteiger partial charge in [0.15, 0.2) is 0 Å². The Morgan fingerprint density at radius 2 is 1.79 bits per heavy atom. The molecule has 5 nitrogen and oxygen atoms in total. The molecule has 0 aliphatic heterocycles. The van der Waals surface area contributed by atoms with E-state index >= 15 is 0 Å². The molecule has 0 fully saturated rings. The lowest BCUT2D eigenvalue weighted by Crippen LogP contribution is -2.17. The monoisotopic (exact) mass is 286 g/mol. The average Bonchev–Trinajstić information content (AvgIpc) is 2.38. The number of hydrogen-bond donors (Lipinski definition) is 0. The van der Waals surface area contributed by atoms with Crippen LogP contribution in [0.2, 0.25) is 0 Å². The van der Waals surface area contributed by atoms with Gasteiger partial charge in [-0.25, -0.2) is 4.79 Å². The lowest BCUT2D eigenvalue weighted by molar-refractivity contribution is 0.0600. The predicted molar refractivity (Wildman–Crippen MR) is 73.0 cm³/mol. The van der Waals surface area contributed by atoms with Crippen LogP contribution in [-0.2, 0) is 18.3 Å². The highest BCUT2D eigenvalue weighted by Crippen LogP contribution is 2.47. The van der Waals surface area contributed by atoms with Crippen molar-refractivity contribution >= 4 is 18.9 Å². The van der Waals surface area contributed by atoms with Gasteiger partial charge in [0.25, 0.3) is 0 Å². The normalized spacial score (nSPS) is 11.4. The van der Waals surface area contributed by atoms with Crippen LogP contribution in [0.25, 0.3) is 0 Å². The molecule has 1 aromatic carbocycles. The number of carbonyl (C=O) groups is 1. The maximum Gasteiger partial charge on any atom is 0.361 e. The molecule has 0 radical (unpaired) electrons. The summed E-state index contributed by atoms with van der Waals surface area (Å²) in [5.74, 6) is -0.473. The van der Waals surface area contributed by atoms with E-state index in [-0.39, 0.29) is 13.2 Å². The molecule has 0 N–H and O–H groups in total. The summed E-state index contributed by atoms with van der Waals surface area (Å²) < 4.78 is 28.0. The highest BCUT2D eigenvalue weighted by molar-refractivity contribution is 7.62. The first-order valence-corrected chi connectivity index (χ1v) is 7.62. The SMILES string of the molecule is CCOP(=O)(OCC)c1cccc(C(=O)OC)c1C. The Bertz CT molecular complexity index is 488. The lowest BCUT2D eigenvalue weighted by atomic mass is 10.1. The summed E-state index contributed by atoms with van der Waals surface area (Å²) >= 11 is 0. The van der Waals surface area contributed by atoms with Crippen LogP contribution in [0.4, 0.5) is 0 Å². The molecule has 6 heteroatoms. The second-order valence-electron chi connectivity index (χ2n) is 3.77. The van der Waals surface area contributed by atoms with Gasteiger partial charge in [-0.1, -0.05) is 6.07 Å². The minimum Gasteiger partial charge on any atom is -0.465 e. The molecular weight excluding hydrogens is 267 g/mol. The summed E-state index contributed by atoms with van der Waals surface area (Å²) in [7, 11) is -2.09. The van der Waals surface area contributed by atoms with Gasteiger partial charge < -0.3 is 13.8 Å². The topological polar surface area (TPSA) is 61.8 Å². The quantitative estimate of drug-likeness (QED) is 0.594. The summed E-state index contributed by atoms with van der Waals surface area (Å²) in [5.41, 5.74) is 0.916. The second-order valence-corrected chi connectivity index (χ2v) is 5.77. The molecule has 0 atom stereocenters. The lowest BCUT2D eigenvalue weighted by Gasteiger charge is -2.19. The third-order valence-corrected chi connectivity index (χ3v) is 4.87. The van der Waals surface area contributed by atoms with Crippen molar-refractivity contribution in [3.63, 3.8) is 0 Å². The van der Waals surface area contributed by atoms with Gasteiger partial charge >= 0.3 is 13.6 Å². The molecule has 0 aromatic heterocycles. The first kappa shape index (κ1) is 15.9. The largest absolute Gasteiger partial charge is 0.465 e. The van der Waals surface area contributed by atoms with Crippen LogP contribution in [0.15, 0.2) is 18.2 Å². The minimum atomic E-state index is -3.39. The number of esters is 1. The molecule has 19 heavy (non-hydrogen) atoms. The minimum absolute atomic E-state index is 0.263. The Morgan fingerprint density at radius 3 is 2.26 bits per heavy atom. The molecule has 0 aliphatic carbocycles. The van der Waals surface area contributed by atoms with Crippen LogP contribution in [0.1, 0.15) is 29.8 Å². The Morgan fingerprint density at radius 1 is 1.21 bits per heavy atom. The number of methoxy groups -OCH3 is 1. The maximum absolute atomic E-state index is 12.7. The van der Waals surface area contributed by atoms with Gasteiger partial charge in [0, 0.05) is 0 Å². The number of ether oxygens (including phenoxy) is 1. The molecule has 0 saturated carbocycles. The van der Waals surface area contributed by atoms with Crippen LogP contribution in [0.5, 0.6) is 0 Å². The summed E-state index contributed by atoms with van der Waals surface area (Å²) in [6.45, 7) is 5.71. The van der Waals surface area contributed by atoms with E-state index in [1.54, 1.807) is 39.0 Å². The van der Waals surface area contributed by atoms with Gasteiger partial charge in [0.1, 0.15) is 0 Å². The van der Waals surface area contributed by atoms with Crippen LogP contribution in [-0.4, -0.2) is 26.3 Å². The van der Waals surface area contributed by atoms with E-state index in [1.807, 2.05) is 0 Å². The summed E-state index contributed by atoms with van der Waals surface area (Å²) in [6.07, 6.45) is 0. The van der Waals surface area contributed by atoms with Crippen molar-refractivity contribution in [2.75, 3.05) is 20.3 Å². The van der Waals surface area contributed by atoms with Gasteiger partial charge in [-0.2, -0.15) is 0 Å². The molecule has 1 aromatic rings. The van der Waals surface area contributed by atoms with E-state index in [0.29, 0.717) is 16.4 Å². The fourth-order valence-corrected chi connectivity index (χ4v) is 3.60. The number of hydrogen-bond acceptors (Lipinski definition) is 5. The van der Waals surface area contributed by atoms with Crippen molar-refractivity contribution in [1.29, 1.82) is 0 Å². The van der Waals surface area contributed by atoms with Crippen molar-refractivity contribution in [2.45, 2.75) is 20.8 Å². The number of carbonyl (C=O) groups excluding carboxylic acids is 1. The van der Waals surface area contributed by atoms with Crippen LogP contribution in [0, 0.1) is 6.92 Å². The summed E-state index contributed by atoms with van der Waals surface area (Å²) in [5, 5.41) is 0.402. The smallest absolute Gasteiger partial charge is 0.361 e. The van der Waals surface area contributed by atoms with E-state index in [2.05, 4.69) is 0 Å². The van der Waals surface area contributed by atoms with Gasteiger partial charge in [-0.15, -0.1) is 0 Å². The molecule has 0 heterocycles. The van der Waals surface area contributed by atoms with Crippen LogP contribution >= 0.6 is 7.60 Å². The molecule has 106 valence electrons. The molecule has 0 saturated heterocycles. The van der Waals surface area contributed by atoms with E-state index in [0.717, 1.165) is 0 Å². The molecule has 1 rings (SSSR count). The van der Waals surface area contributed by atoms with Gasteiger partial charge in [-0.05, 0) is 38.5 Å². The zero-order valence-corrected chi connectivity index (χ0v) is 12.5. The Kier molecular flexibility index (Phi) is 5.73. The van der Waals surface area contributed by atoms with Gasteiger partial charge in [-0.3, -0.25) is 4.57 Å². The first-order chi connectivity index (χ1) is 9.00. The van der Waals surface area contributed by atoms with E-state index in [1.165, 1.54) is 7.11 Å². The number of rotatable bonds is 6. The van der Waals surface area contributed by atoms with Crippen molar-refractivity contribution in [2.24, 2.45) is 0 Å². The fraction of sp³-hybridized carbons (Fsp3) is 0.462. The molecule has 0 bridgehead atoms. The van der Waals surface area contributed by atoms with Crippen molar-refractivity contribution in [1.82, 2.24) is 0 Å². The highest BCUT2D eigenvalue weighted by atomic mass is 31.2. The van der Waals surface area contributed by atoms with E-state index < -0.39 is 13.6 Å².